The second-order valence-corrected chi connectivity index (χ2v) is 8.93. The number of benzene rings is 2. The quantitative estimate of drug-likeness (QED) is 0.421. The van der Waals surface area contributed by atoms with E-state index in [1.54, 1.807) is 31.6 Å². The molecule has 2 N–H and O–H groups in total. The Balaban J connectivity index is 1.61. The molecule has 0 spiro atoms. The van der Waals surface area contributed by atoms with E-state index in [1.807, 2.05) is 37.3 Å². The molecule has 0 saturated carbocycles. The Kier molecular flexibility index (Phi) is 7.17. The molecule has 0 unspecified atom stereocenters. The molecule has 0 saturated heterocycles. The van der Waals surface area contributed by atoms with Crippen molar-refractivity contribution in [2.45, 2.75) is 13.5 Å². The summed E-state index contributed by atoms with van der Waals surface area (Å²) in [5, 5.41) is 4.63. The Hall–Kier alpha value is -3.38. The van der Waals surface area contributed by atoms with Crippen LogP contribution >= 0.6 is 22.6 Å². The Morgan fingerprint density at radius 1 is 1.18 bits per heavy atom. The van der Waals surface area contributed by atoms with E-state index in [1.165, 1.54) is 20.4 Å². The number of fused-ring (bicyclic) bond motifs is 1. The summed E-state index contributed by atoms with van der Waals surface area (Å²) in [4.78, 5) is 44.3. The number of amides is 1. The van der Waals surface area contributed by atoms with Crippen LogP contribution in [0, 0.1) is 3.57 Å². The second kappa shape index (κ2) is 10.3. The first-order chi connectivity index (χ1) is 16.4. The lowest BCUT2D eigenvalue weighted by atomic mass is 10.1. The number of hydrogen-bond donors (Lipinski definition) is 2. The number of carbonyl (C=O) groups is 1. The molecule has 0 fully saturated rings. The molecule has 3 aromatic rings. The minimum atomic E-state index is -0.428. The fraction of sp³-hybridized carbons (Fsp3) is 0.208. The molecule has 1 aliphatic rings. The molecule has 1 aromatic heterocycles. The largest absolute Gasteiger partial charge is 0.348 e. The van der Waals surface area contributed by atoms with Gasteiger partial charge in [-0.2, -0.15) is 5.17 Å². The Labute approximate surface area is 209 Å². The Bertz CT molecular complexity index is 1420. The molecule has 1 aliphatic heterocycles. The van der Waals surface area contributed by atoms with Crippen LogP contribution in [0.4, 0.5) is 0 Å². The third kappa shape index (κ3) is 5.07. The maximum atomic E-state index is 13.2. The lowest BCUT2D eigenvalue weighted by Gasteiger charge is -2.22. The molecule has 2 aromatic carbocycles. The van der Waals surface area contributed by atoms with Crippen molar-refractivity contribution in [3.05, 3.63) is 102 Å². The van der Waals surface area contributed by atoms with Gasteiger partial charge in [-0.05, 0) is 77.1 Å². The molecule has 0 atom stereocenters. The predicted octanol–water partition coefficient (Wildman–Crippen LogP) is 2.25. The third-order valence-corrected chi connectivity index (χ3v) is 6.02. The van der Waals surface area contributed by atoms with E-state index >= 15 is 0 Å². The zero-order valence-electron chi connectivity index (χ0n) is 18.7. The van der Waals surface area contributed by atoms with Crippen molar-refractivity contribution >= 4 is 39.4 Å². The Morgan fingerprint density at radius 3 is 2.76 bits per heavy atom. The minimum Gasteiger partial charge on any atom is -0.348 e. The molecule has 34 heavy (non-hydrogen) atoms. The number of hydrogen-bond acceptors (Lipinski definition) is 6. The van der Waals surface area contributed by atoms with Gasteiger partial charge in [0.25, 0.3) is 11.5 Å². The normalized spacial score (nSPS) is 13.0. The molecule has 10 heteroatoms. The van der Waals surface area contributed by atoms with Crippen LogP contribution in [0.1, 0.15) is 22.8 Å². The highest BCUT2D eigenvalue weighted by atomic mass is 127. The van der Waals surface area contributed by atoms with Gasteiger partial charge >= 0.3 is 5.69 Å². The first-order valence-electron chi connectivity index (χ1n) is 10.7. The van der Waals surface area contributed by atoms with Gasteiger partial charge in [-0.3, -0.25) is 29.0 Å². The second-order valence-electron chi connectivity index (χ2n) is 7.69. The van der Waals surface area contributed by atoms with Crippen LogP contribution in [0.2, 0.25) is 0 Å². The molecule has 9 nitrogen and oxygen atoms in total. The van der Waals surface area contributed by atoms with E-state index in [2.05, 4.69) is 33.3 Å². The summed E-state index contributed by atoms with van der Waals surface area (Å²) < 4.78 is 3.64. The van der Waals surface area contributed by atoms with Crippen LogP contribution in [0.5, 0.6) is 0 Å². The van der Waals surface area contributed by atoms with E-state index in [9.17, 15) is 14.4 Å². The summed E-state index contributed by atoms with van der Waals surface area (Å²) >= 11 is 2.19. The van der Waals surface area contributed by atoms with Gasteiger partial charge in [-0.1, -0.05) is 12.1 Å². The van der Waals surface area contributed by atoms with Crippen LogP contribution in [0.15, 0.2) is 76.1 Å². The van der Waals surface area contributed by atoms with Gasteiger partial charge in [0.2, 0.25) is 0 Å². The number of halogens is 1. The minimum absolute atomic E-state index is 0.152. The highest BCUT2D eigenvalue weighted by Crippen LogP contribution is 2.13. The highest BCUT2D eigenvalue weighted by Gasteiger charge is 2.15. The van der Waals surface area contributed by atoms with Gasteiger partial charge in [0.15, 0.2) is 0 Å². The van der Waals surface area contributed by atoms with Crippen LogP contribution < -0.4 is 22.0 Å². The summed E-state index contributed by atoms with van der Waals surface area (Å²) in [7, 11) is 1.62. The highest BCUT2D eigenvalue weighted by molar-refractivity contribution is 14.1. The Morgan fingerprint density at radius 2 is 2.00 bits per heavy atom. The van der Waals surface area contributed by atoms with E-state index in [-0.39, 0.29) is 19.0 Å². The maximum absolute atomic E-state index is 13.2. The van der Waals surface area contributed by atoms with E-state index in [4.69, 9.17) is 4.84 Å². The van der Waals surface area contributed by atoms with E-state index < -0.39 is 11.2 Å². The van der Waals surface area contributed by atoms with Gasteiger partial charge in [0, 0.05) is 28.9 Å². The van der Waals surface area contributed by atoms with Crippen molar-refractivity contribution in [3.63, 3.8) is 0 Å². The lowest BCUT2D eigenvalue weighted by molar-refractivity contribution is -0.144. The molecule has 1 amide bonds. The van der Waals surface area contributed by atoms with Gasteiger partial charge in [0.1, 0.15) is 0 Å². The number of carbonyl (C=O) groups excluding carboxylic acids is 1. The number of nitrogens with one attached hydrogen (secondary N) is 2. The van der Waals surface area contributed by atoms with Gasteiger partial charge in [-0.15, -0.1) is 0 Å². The molecule has 0 radical (unpaired) electrons. The number of aryl methyl sites for hydroxylation is 1. The zero-order valence-corrected chi connectivity index (χ0v) is 20.9. The number of hydroxylamine groups is 1. The van der Waals surface area contributed by atoms with Crippen LogP contribution in [0.3, 0.4) is 0 Å². The maximum Gasteiger partial charge on any atom is 0.331 e. The van der Waals surface area contributed by atoms with Gasteiger partial charge < -0.3 is 5.32 Å². The van der Waals surface area contributed by atoms with Crippen LogP contribution in [0.25, 0.3) is 10.9 Å². The predicted molar refractivity (Wildman–Crippen MR) is 138 cm³/mol. The smallest absolute Gasteiger partial charge is 0.331 e. The first kappa shape index (κ1) is 23.8. The monoisotopic (exact) mass is 573 g/mol. The van der Waals surface area contributed by atoms with Crippen molar-refractivity contribution in [1.29, 1.82) is 0 Å². The molecule has 2 heterocycles. The summed E-state index contributed by atoms with van der Waals surface area (Å²) in [6.07, 6.45) is 5.28. The van der Waals surface area contributed by atoms with Crippen molar-refractivity contribution in [2.24, 2.45) is 7.05 Å². The van der Waals surface area contributed by atoms with Gasteiger partial charge in [0.05, 0.1) is 30.3 Å². The summed E-state index contributed by atoms with van der Waals surface area (Å²) in [6, 6.07) is 12.4. The summed E-state index contributed by atoms with van der Waals surface area (Å²) in [5.74, 6) is -0.324. The lowest BCUT2D eigenvalue weighted by Crippen LogP contribution is -2.39. The molecular weight excluding hydrogens is 549 g/mol. The molecular formula is C24H24IN5O4. The topological polar surface area (TPSA) is 97.6 Å². The van der Waals surface area contributed by atoms with E-state index in [0.29, 0.717) is 23.1 Å². The SMILES string of the molecule is CCON1C=C(CNC(=O)c2ccc3c(c2)c(=O)n(Cc2cccc(I)c2)c(=O)n3C)C=CN1. The number of nitrogens with zero attached hydrogens (tertiary/aromatic N) is 3. The molecule has 0 aliphatic carbocycles. The molecule has 4 rings (SSSR count). The zero-order chi connectivity index (χ0) is 24.2. The summed E-state index contributed by atoms with van der Waals surface area (Å²) in [5.41, 5.74) is 4.57. The van der Waals surface area contributed by atoms with Crippen molar-refractivity contribution in [2.75, 3.05) is 13.2 Å². The molecule has 0 bridgehead atoms. The van der Waals surface area contributed by atoms with Crippen molar-refractivity contribution in [3.8, 4) is 0 Å². The van der Waals surface area contributed by atoms with Crippen LogP contribution in [-0.2, 0) is 18.4 Å². The standard InChI is InChI=1S/C24H24IN5O4/c1-3-34-30-15-17(9-10-27-30)13-26-22(31)18-7-8-21-20(12-18)23(32)29(24(33)28(21)2)14-16-5-4-6-19(25)11-16/h4-12,15,27H,3,13-14H2,1-2H3,(H,26,31). The fourth-order valence-corrected chi connectivity index (χ4v) is 4.27. The third-order valence-electron chi connectivity index (χ3n) is 5.35. The average molecular weight is 573 g/mol. The molecule has 176 valence electrons. The number of rotatable bonds is 7. The number of aromatic nitrogens is 2. The fourth-order valence-electron chi connectivity index (χ4n) is 3.67. The van der Waals surface area contributed by atoms with Crippen molar-refractivity contribution in [1.82, 2.24) is 25.0 Å². The first-order valence-corrected chi connectivity index (χ1v) is 11.8. The van der Waals surface area contributed by atoms with Crippen LogP contribution in [-0.4, -0.2) is 33.4 Å². The number of hydrazine groups is 1. The van der Waals surface area contributed by atoms with E-state index in [0.717, 1.165) is 14.7 Å². The van der Waals surface area contributed by atoms with Crippen molar-refractivity contribution < 1.29 is 9.63 Å². The van der Waals surface area contributed by atoms with Gasteiger partial charge in [-0.25, -0.2) is 4.79 Å². The summed E-state index contributed by atoms with van der Waals surface area (Å²) in [6.45, 7) is 2.80. The average Bonchev–Trinajstić information content (AvgIpc) is 2.84.